The summed E-state index contributed by atoms with van der Waals surface area (Å²) in [6.45, 7) is 4.31. The summed E-state index contributed by atoms with van der Waals surface area (Å²) in [6, 6.07) is -0.474. The Kier molecular flexibility index (Phi) is 5.41. The lowest BCUT2D eigenvalue weighted by molar-refractivity contribution is 0.236. The molecule has 0 saturated carbocycles. The van der Waals surface area contributed by atoms with Gasteiger partial charge in [-0.1, -0.05) is 6.92 Å². The summed E-state index contributed by atoms with van der Waals surface area (Å²) in [5, 5.41) is 8.78. The molecular weight excluding hydrogens is 168 g/mol. The van der Waals surface area contributed by atoms with Crippen molar-refractivity contribution < 1.29 is 4.79 Å². The van der Waals surface area contributed by atoms with Crippen LogP contribution in [-0.4, -0.2) is 39.8 Å². The molecule has 0 aromatic carbocycles. The van der Waals surface area contributed by atoms with Crippen molar-refractivity contribution in [2.75, 3.05) is 33.7 Å². The van der Waals surface area contributed by atoms with Gasteiger partial charge in [-0.3, -0.25) is 0 Å². The highest BCUT2D eigenvalue weighted by atomic mass is 16.2. The van der Waals surface area contributed by atoms with E-state index in [0.717, 1.165) is 13.1 Å². The predicted molar refractivity (Wildman–Crippen MR) is 53.5 cm³/mol. The molecule has 0 unspecified atom stereocenters. The number of rotatable bonds is 6. The number of carbonyl (C=O) groups excluding carboxylic acids is 1. The number of primary amides is 1. The van der Waals surface area contributed by atoms with Crippen molar-refractivity contribution in [3.05, 3.63) is 0 Å². The second-order valence-electron chi connectivity index (χ2n) is 3.59. The average molecular weight is 188 g/mol. The third-order valence-corrected chi connectivity index (χ3v) is 1.90. The Morgan fingerprint density at radius 2 is 1.69 bits per heavy atom. The van der Waals surface area contributed by atoms with Crippen LogP contribution in [0.5, 0.6) is 0 Å². The molecule has 0 atom stereocenters. The lowest BCUT2D eigenvalue weighted by Gasteiger charge is -2.29. The summed E-state index contributed by atoms with van der Waals surface area (Å²) in [7, 11) is 3.77. The monoisotopic (exact) mass is 188 g/mol. The fourth-order valence-electron chi connectivity index (χ4n) is 1.34. The molecule has 0 fully saturated rings. The molecule has 0 aromatic heterocycles. The maximum Gasteiger partial charge on any atom is 0.312 e. The third kappa shape index (κ3) is 5.43. The van der Waals surface area contributed by atoms with Gasteiger partial charge in [0.2, 0.25) is 0 Å². The highest BCUT2D eigenvalue weighted by molar-refractivity contribution is 5.71. The Morgan fingerprint density at radius 3 is 2.00 bits per heavy atom. The number of carbonyl (C=O) groups is 1. The molecule has 0 radical (unpaired) electrons. The van der Waals surface area contributed by atoms with Crippen molar-refractivity contribution >= 4 is 6.03 Å². The van der Waals surface area contributed by atoms with Crippen LogP contribution < -0.4 is 21.7 Å². The van der Waals surface area contributed by atoms with E-state index >= 15 is 0 Å². The first-order valence-electron chi connectivity index (χ1n) is 4.36. The van der Waals surface area contributed by atoms with Gasteiger partial charge in [-0.25, -0.2) is 4.79 Å². The number of hydrogen-bond donors (Lipinski definition) is 4. The summed E-state index contributed by atoms with van der Waals surface area (Å²) in [5.41, 5.74) is 5.00. The van der Waals surface area contributed by atoms with Gasteiger partial charge in [-0.2, -0.15) is 0 Å². The van der Waals surface area contributed by atoms with Gasteiger partial charge in [0, 0.05) is 25.0 Å². The number of amides is 2. The largest absolute Gasteiger partial charge is 0.352 e. The average Bonchev–Trinajstić information content (AvgIpc) is 2.02. The molecule has 0 heterocycles. The second-order valence-corrected chi connectivity index (χ2v) is 3.59. The molecule has 5 nitrogen and oxygen atoms in total. The maximum atomic E-state index is 10.5. The summed E-state index contributed by atoms with van der Waals surface area (Å²) < 4.78 is 0. The summed E-state index contributed by atoms with van der Waals surface area (Å²) >= 11 is 0. The minimum Gasteiger partial charge on any atom is -0.352 e. The molecule has 0 aliphatic rings. The van der Waals surface area contributed by atoms with Crippen molar-refractivity contribution in [3.63, 3.8) is 0 Å². The number of urea groups is 1. The molecule has 0 bridgehead atoms. The molecular formula is C8H20N4O. The molecule has 0 saturated heterocycles. The first-order chi connectivity index (χ1) is 6.04. The molecule has 13 heavy (non-hydrogen) atoms. The van der Waals surface area contributed by atoms with E-state index < -0.39 is 6.03 Å². The van der Waals surface area contributed by atoms with E-state index in [1.807, 2.05) is 14.1 Å². The van der Waals surface area contributed by atoms with E-state index in [9.17, 15) is 4.79 Å². The standard InChI is InChI=1S/C8H20N4O/c1-8(4-10-2,5-11-3)6-12-7(9)13/h10-11H,4-6H2,1-3H3,(H3,9,12,13). The van der Waals surface area contributed by atoms with Gasteiger partial charge >= 0.3 is 6.03 Å². The Balaban J connectivity index is 3.98. The van der Waals surface area contributed by atoms with Crippen LogP contribution in [0.4, 0.5) is 4.79 Å². The van der Waals surface area contributed by atoms with Crippen molar-refractivity contribution in [2.45, 2.75) is 6.92 Å². The van der Waals surface area contributed by atoms with Crippen molar-refractivity contribution in [2.24, 2.45) is 11.1 Å². The van der Waals surface area contributed by atoms with E-state index in [2.05, 4.69) is 22.9 Å². The first-order valence-corrected chi connectivity index (χ1v) is 4.36. The van der Waals surface area contributed by atoms with Gasteiger partial charge in [0.05, 0.1) is 0 Å². The van der Waals surface area contributed by atoms with Gasteiger partial charge in [-0.15, -0.1) is 0 Å². The van der Waals surface area contributed by atoms with Gasteiger partial charge in [0.15, 0.2) is 0 Å². The van der Waals surface area contributed by atoms with Crippen molar-refractivity contribution in [3.8, 4) is 0 Å². The second kappa shape index (κ2) is 5.77. The molecule has 0 rings (SSSR count). The Bertz CT molecular complexity index is 154. The van der Waals surface area contributed by atoms with Crippen LogP contribution in [0.2, 0.25) is 0 Å². The fraction of sp³-hybridized carbons (Fsp3) is 0.875. The van der Waals surface area contributed by atoms with E-state index in [-0.39, 0.29) is 5.41 Å². The van der Waals surface area contributed by atoms with Crippen LogP contribution in [0.1, 0.15) is 6.92 Å². The summed E-state index contributed by atoms with van der Waals surface area (Å²) in [6.07, 6.45) is 0. The highest BCUT2D eigenvalue weighted by Crippen LogP contribution is 2.11. The molecule has 5 heteroatoms. The molecule has 78 valence electrons. The van der Waals surface area contributed by atoms with Gasteiger partial charge < -0.3 is 21.7 Å². The van der Waals surface area contributed by atoms with Gasteiger partial charge in [0.1, 0.15) is 0 Å². The smallest absolute Gasteiger partial charge is 0.312 e. The first kappa shape index (κ1) is 12.2. The molecule has 0 spiro atoms. The predicted octanol–water partition coefficient (Wildman–Crippen LogP) is -0.900. The normalized spacial score (nSPS) is 11.3. The quantitative estimate of drug-likeness (QED) is 0.436. The van der Waals surface area contributed by atoms with Crippen LogP contribution in [-0.2, 0) is 0 Å². The fourth-order valence-corrected chi connectivity index (χ4v) is 1.34. The van der Waals surface area contributed by atoms with Gasteiger partial charge in [0.25, 0.3) is 0 Å². The lowest BCUT2D eigenvalue weighted by Crippen LogP contribution is -2.47. The van der Waals surface area contributed by atoms with Crippen LogP contribution >= 0.6 is 0 Å². The van der Waals surface area contributed by atoms with Crippen LogP contribution in [0, 0.1) is 5.41 Å². The van der Waals surface area contributed by atoms with Crippen LogP contribution in [0.3, 0.4) is 0 Å². The van der Waals surface area contributed by atoms with E-state index in [1.165, 1.54) is 0 Å². The number of nitrogens with one attached hydrogen (secondary N) is 3. The third-order valence-electron chi connectivity index (χ3n) is 1.90. The minimum atomic E-state index is -0.474. The van der Waals surface area contributed by atoms with Crippen molar-refractivity contribution in [1.82, 2.24) is 16.0 Å². The zero-order chi connectivity index (χ0) is 10.3. The Hall–Kier alpha value is -0.810. The topological polar surface area (TPSA) is 79.2 Å². The van der Waals surface area contributed by atoms with Crippen LogP contribution in [0.15, 0.2) is 0 Å². The SMILES string of the molecule is CNCC(C)(CNC)CNC(N)=O. The molecule has 0 aliphatic heterocycles. The number of nitrogens with two attached hydrogens (primary N) is 1. The van der Waals surface area contributed by atoms with E-state index in [0.29, 0.717) is 6.54 Å². The van der Waals surface area contributed by atoms with E-state index in [4.69, 9.17) is 5.73 Å². The lowest BCUT2D eigenvalue weighted by atomic mass is 9.90. The minimum absolute atomic E-state index is 0.00146. The Morgan fingerprint density at radius 1 is 1.23 bits per heavy atom. The van der Waals surface area contributed by atoms with Crippen LogP contribution in [0.25, 0.3) is 0 Å². The molecule has 0 aliphatic carbocycles. The summed E-state index contributed by atoms with van der Waals surface area (Å²) in [4.78, 5) is 10.5. The molecule has 2 amide bonds. The van der Waals surface area contributed by atoms with Crippen molar-refractivity contribution in [1.29, 1.82) is 0 Å². The highest BCUT2D eigenvalue weighted by Gasteiger charge is 2.22. The summed E-state index contributed by atoms with van der Waals surface area (Å²) in [5.74, 6) is 0. The van der Waals surface area contributed by atoms with E-state index in [1.54, 1.807) is 0 Å². The molecule has 5 N–H and O–H groups in total. The zero-order valence-electron chi connectivity index (χ0n) is 8.61. The van der Waals surface area contributed by atoms with Gasteiger partial charge in [-0.05, 0) is 14.1 Å². The zero-order valence-corrected chi connectivity index (χ0v) is 8.61. The molecule has 0 aromatic rings. The Labute approximate surface area is 79.4 Å². The maximum absolute atomic E-state index is 10.5. The number of hydrogen-bond acceptors (Lipinski definition) is 3.